The molecule has 4 atom stereocenters. The molecule has 2 aromatic heterocycles. The number of ether oxygens (including phenoxy) is 2. The minimum atomic E-state index is -1.14. The van der Waals surface area contributed by atoms with E-state index in [0.717, 1.165) is 0 Å². The molecule has 0 aliphatic carbocycles. The second kappa shape index (κ2) is 5.98. The fraction of sp³-hybridized carbons (Fsp3) is 0.462. The quantitative estimate of drug-likeness (QED) is 0.471. The van der Waals surface area contributed by atoms with E-state index in [1.165, 1.54) is 10.9 Å². The molecule has 0 spiro atoms. The largest absolute Gasteiger partial charge is 0.394 e. The Morgan fingerprint density at radius 3 is 3.09 bits per heavy atom. The Kier molecular flexibility index (Phi) is 4.01. The van der Waals surface area contributed by atoms with Gasteiger partial charge in [0.2, 0.25) is 5.95 Å². The molecule has 1 fully saturated rings. The van der Waals surface area contributed by atoms with Crippen molar-refractivity contribution in [3.05, 3.63) is 16.7 Å². The van der Waals surface area contributed by atoms with Crippen molar-refractivity contribution in [3.8, 4) is 12.3 Å². The number of imidazole rings is 1. The highest BCUT2D eigenvalue weighted by molar-refractivity contribution is 5.70. The van der Waals surface area contributed by atoms with E-state index in [-0.39, 0.29) is 30.3 Å². The summed E-state index contributed by atoms with van der Waals surface area (Å²) < 4.78 is 12.3. The molecule has 0 aromatic carbocycles. The Morgan fingerprint density at radius 1 is 1.61 bits per heavy atom. The van der Waals surface area contributed by atoms with Gasteiger partial charge < -0.3 is 25.4 Å². The lowest BCUT2D eigenvalue weighted by molar-refractivity contribution is -0.0560. The van der Waals surface area contributed by atoms with Crippen molar-refractivity contribution < 1.29 is 19.7 Å². The molecule has 5 N–H and O–H groups in total. The third kappa shape index (κ3) is 2.55. The summed E-state index contributed by atoms with van der Waals surface area (Å²) in [4.78, 5) is 22.1. The van der Waals surface area contributed by atoms with E-state index in [1.54, 1.807) is 0 Å². The van der Waals surface area contributed by atoms with Crippen molar-refractivity contribution in [2.45, 2.75) is 24.5 Å². The number of hydrogen-bond acceptors (Lipinski definition) is 8. The number of fused-ring (bicyclic) bond motifs is 1. The first-order valence-electron chi connectivity index (χ1n) is 6.78. The molecule has 10 heteroatoms. The normalized spacial score (nSPS) is 27.3. The standard InChI is InChI=1S/C13H15N5O5/c1-2-3-22-9-6(4-19)23-12(8(9)20)18-5-15-7-10(18)16-13(14)17-11(7)21/h1,5-6,8-9,12,19-20H,3-4H2,(H3,14,16,17,21)/t6-,8+,9?,12-/m1/s1. The molecule has 1 aliphatic heterocycles. The van der Waals surface area contributed by atoms with Crippen LogP contribution in [0.3, 0.4) is 0 Å². The number of aromatic nitrogens is 4. The van der Waals surface area contributed by atoms with E-state index >= 15 is 0 Å². The maximum Gasteiger partial charge on any atom is 0.280 e. The van der Waals surface area contributed by atoms with Gasteiger partial charge in [-0.25, -0.2) is 4.98 Å². The maximum atomic E-state index is 11.8. The van der Waals surface area contributed by atoms with E-state index in [4.69, 9.17) is 21.6 Å². The molecular formula is C13H15N5O5. The predicted octanol–water partition coefficient (Wildman–Crippen LogP) is -2.03. The van der Waals surface area contributed by atoms with Crippen molar-refractivity contribution >= 4 is 17.1 Å². The molecule has 0 radical (unpaired) electrons. The number of terminal acetylenes is 1. The Hall–Kier alpha value is -2.45. The number of anilines is 1. The Balaban J connectivity index is 1.99. The third-order valence-electron chi connectivity index (χ3n) is 3.57. The highest BCUT2D eigenvalue weighted by atomic mass is 16.6. The van der Waals surface area contributed by atoms with Gasteiger partial charge in [-0.3, -0.25) is 14.3 Å². The number of nitrogen functional groups attached to an aromatic ring is 1. The minimum absolute atomic E-state index is 0.0378. The first kappa shape index (κ1) is 15.4. The summed E-state index contributed by atoms with van der Waals surface area (Å²) in [6, 6.07) is 0. The monoisotopic (exact) mass is 321 g/mol. The molecule has 122 valence electrons. The number of nitrogens with two attached hydrogens (primary N) is 1. The second-order valence-corrected chi connectivity index (χ2v) is 4.99. The van der Waals surface area contributed by atoms with Crippen LogP contribution in [0, 0.1) is 12.3 Å². The molecule has 2 aromatic rings. The predicted molar refractivity (Wildman–Crippen MR) is 78.1 cm³/mol. The van der Waals surface area contributed by atoms with Crippen molar-refractivity contribution in [3.63, 3.8) is 0 Å². The molecule has 1 unspecified atom stereocenters. The Morgan fingerprint density at radius 2 is 2.39 bits per heavy atom. The molecule has 0 saturated carbocycles. The summed E-state index contributed by atoms with van der Waals surface area (Å²) in [5.41, 5.74) is 5.25. The highest BCUT2D eigenvalue weighted by Crippen LogP contribution is 2.32. The number of nitrogens with one attached hydrogen (secondary N) is 1. The Bertz CT molecular complexity index is 809. The SMILES string of the molecule is C#CCOC1[C@@H](CO)O[C@@H](n2cnc3c(=O)[nH]c(N)nc32)[C@H]1O. The van der Waals surface area contributed by atoms with Gasteiger partial charge in [0, 0.05) is 0 Å². The summed E-state index contributed by atoms with van der Waals surface area (Å²) in [7, 11) is 0. The lowest BCUT2D eigenvalue weighted by Crippen LogP contribution is -2.36. The van der Waals surface area contributed by atoms with Gasteiger partial charge in [0.25, 0.3) is 5.56 Å². The van der Waals surface area contributed by atoms with Crippen LogP contribution in [0.15, 0.2) is 11.1 Å². The fourth-order valence-electron chi connectivity index (χ4n) is 2.58. The van der Waals surface area contributed by atoms with Gasteiger partial charge in [0.1, 0.15) is 24.9 Å². The van der Waals surface area contributed by atoms with Gasteiger partial charge in [-0.1, -0.05) is 5.92 Å². The highest BCUT2D eigenvalue weighted by Gasteiger charge is 2.45. The average Bonchev–Trinajstić information content (AvgIpc) is 3.06. The third-order valence-corrected chi connectivity index (χ3v) is 3.57. The maximum absolute atomic E-state index is 11.8. The zero-order valence-electron chi connectivity index (χ0n) is 11.9. The van der Waals surface area contributed by atoms with E-state index in [1.807, 2.05) is 0 Å². The van der Waals surface area contributed by atoms with Crippen molar-refractivity contribution in [1.82, 2.24) is 19.5 Å². The number of aliphatic hydroxyl groups excluding tert-OH is 2. The fourth-order valence-corrected chi connectivity index (χ4v) is 2.58. The van der Waals surface area contributed by atoms with Crippen LogP contribution in [0.5, 0.6) is 0 Å². The van der Waals surface area contributed by atoms with E-state index in [2.05, 4.69) is 20.9 Å². The molecule has 0 amide bonds. The van der Waals surface area contributed by atoms with Gasteiger partial charge in [-0.05, 0) is 0 Å². The van der Waals surface area contributed by atoms with E-state index < -0.39 is 30.1 Å². The number of aliphatic hydroxyl groups is 2. The summed E-state index contributed by atoms with van der Waals surface area (Å²) in [5.74, 6) is 2.20. The minimum Gasteiger partial charge on any atom is -0.394 e. The van der Waals surface area contributed by atoms with E-state index in [0.29, 0.717) is 0 Å². The number of nitrogens with zero attached hydrogens (tertiary/aromatic N) is 3. The lowest BCUT2D eigenvalue weighted by Gasteiger charge is -2.18. The first-order chi connectivity index (χ1) is 11.1. The van der Waals surface area contributed by atoms with Crippen LogP contribution in [-0.2, 0) is 9.47 Å². The molecule has 1 saturated heterocycles. The molecule has 1 aliphatic rings. The number of H-pyrrole nitrogens is 1. The van der Waals surface area contributed by atoms with Crippen LogP contribution < -0.4 is 11.3 Å². The van der Waals surface area contributed by atoms with Crippen LogP contribution in [0.1, 0.15) is 6.23 Å². The van der Waals surface area contributed by atoms with Gasteiger partial charge >= 0.3 is 0 Å². The van der Waals surface area contributed by atoms with Gasteiger partial charge in [-0.2, -0.15) is 4.98 Å². The van der Waals surface area contributed by atoms with Crippen LogP contribution >= 0.6 is 0 Å². The molecule has 10 nitrogen and oxygen atoms in total. The number of rotatable bonds is 4. The van der Waals surface area contributed by atoms with Crippen LogP contribution in [0.2, 0.25) is 0 Å². The molecule has 3 heterocycles. The molecule has 23 heavy (non-hydrogen) atoms. The van der Waals surface area contributed by atoms with Crippen LogP contribution in [-0.4, -0.2) is 61.3 Å². The average molecular weight is 321 g/mol. The molecule has 3 rings (SSSR count). The van der Waals surface area contributed by atoms with Gasteiger partial charge in [0.15, 0.2) is 17.4 Å². The van der Waals surface area contributed by atoms with Crippen molar-refractivity contribution in [2.75, 3.05) is 18.9 Å². The Labute approximate surface area is 129 Å². The summed E-state index contributed by atoms with van der Waals surface area (Å²) in [6.07, 6.45) is 2.75. The van der Waals surface area contributed by atoms with Crippen LogP contribution in [0.25, 0.3) is 11.2 Å². The topological polar surface area (TPSA) is 149 Å². The first-order valence-corrected chi connectivity index (χ1v) is 6.78. The number of hydrogen-bond donors (Lipinski definition) is 4. The van der Waals surface area contributed by atoms with Crippen LogP contribution in [0.4, 0.5) is 5.95 Å². The zero-order chi connectivity index (χ0) is 16.6. The molecule has 0 bridgehead atoms. The second-order valence-electron chi connectivity index (χ2n) is 4.99. The lowest BCUT2D eigenvalue weighted by atomic mass is 10.1. The smallest absolute Gasteiger partial charge is 0.280 e. The summed E-state index contributed by atoms with van der Waals surface area (Å²) >= 11 is 0. The zero-order valence-corrected chi connectivity index (χ0v) is 11.9. The van der Waals surface area contributed by atoms with Crippen molar-refractivity contribution in [1.29, 1.82) is 0 Å². The van der Waals surface area contributed by atoms with E-state index in [9.17, 15) is 15.0 Å². The van der Waals surface area contributed by atoms with Gasteiger partial charge in [0.05, 0.1) is 12.9 Å². The van der Waals surface area contributed by atoms with Gasteiger partial charge in [-0.15, -0.1) is 6.42 Å². The number of aromatic amines is 1. The van der Waals surface area contributed by atoms with Crippen molar-refractivity contribution in [2.24, 2.45) is 0 Å². The summed E-state index contributed by atoms with van der Waals surface area (Å²) in [6.45, 7) is -0.407. The summed E-state index contributed by atoms with van der Waals surface area (Å²) in [5, 5.41) is 19.8. The molecular weight excluding hydrogens is 306 g/mol.